The van der Waals surface area contributed by atoms with Crippen LogP contribution < -0.4 is 0 Å². The predicted molar refractivity (Wildman–Crippen MR) is 167 cm³/mol. The van der Waals surface area contributed by atoms with Crippen LogP contribution in [0.1, 0.15) is 86.9 Å². The molecular formula is C28H59N9O3. The van der Waals surface area contributed by atoms with Crippen molar-refractivity contribution < 1.29 is 14.5 Å². The lowest BCUT2D eigenvalue weighted by molar-refractivity contribution is -0.152. The molecule has 2 aliphatic rings. The number of methoxy groups -OCH3 is 1. The number of carbonyl (C=O) groups is 1. The van der Waals surface area contributed by atoms with E-state index in [1.165, 1.54) is 12.8 Å². The monoisotopic (exact) mass is 569 g/mol. The van der Waals surface area contributed by atoms with Gasteiger partial charge in [-0.05, 0) is 61.5 Å². The minimum absolute atomic E-state index is 0. The molecule has 0 amide bonds. The first-order valence-electron chi connectivity index (χ1n) is 11.9. The normalized spacial score (nSPS) is 16.6. The summed E-state index contributed by atoms with van der Waals surface area (Å²) in [5.41, 5.74) is 3.71. The van der Waals surface area contributed by atoms with Crippen molar-refractivity contribution in [2.24, 2.45) is 24.4 Å². The molecule has 0 bridgehead atoms. The minimum Gasteiger partial charge on any atom is -0.467 e. The topological polar surface area (TPSA) is 115 Å². The molecule has 2 aliphatic heterocycles. The van der Waals surface area contributed by atoms with Crippen LogP contribution in [0, 0.1) is 27.7 Å². The summed E-state index contributed by atoms with van der Waals surface area (Å²) in [7, 11) is 7.01. The van der Waals surface area contributed by atoms with Crippen LogP contribution in [0.5, 0.6) is 0 Å². The zero-order chi connectivity index (χ0) is 27.6. The maximum absolute atomic E-state index is 11.4. The number of hydrazone groups is 1. The summed E-state index contributed by atoms with van der Waals surface area (Å²) in [5, 5.41) is 19.5. The van der Waals surface area contributed by atoms with Crippen molar-refractivity contribution in [1.82, 2.24) is 34.6 Å². The number of ether oxygens (including phenoxy) is 1. The van der Waals surface area contributed by atoms with Crippen LogP contribution in [0.25, 0.3) is 0 Å². The molecule has 1 atom stereocenters. The van der Waals surface area contributed by atoms with E-state index in [1.807, 2.05) is 74.2 Å². The summed E-state index contributed by atoms with van der Waals surface area (Å²) >= 11 is 0. The number of aryl methyl sites for hydroxylation is 6. The number of rotatable bonds is 2. The number of likely N-dealkylation sites (N-methyl/N-ethyl adjacent to an activating group) is 1. The molecule has 40 heavy (non-hydrogen) atoms. The Bertz CT molecular complexity index is 976. The Morgan fingerprint density at radius 1 is 0.975 bits per heavy atom. The fraction of sp³-hybridized carbons (Fsp3) is 0.714. The van der Waals surface area contributed by atoms with Crippen molar-refractivity contribution >= 4 is 17.4 Å². The van der Waals surface area contributed by atoms with E-state index in [9.17, 15) is 4.79 Å². The van der Waals surface area contributed by atoms with Gasteiger partial charge in [0.25, 0.3) is 0 Å². The summed E-state index contributed by atoms with van der Waals surface area (Å²) in [6.45, 7) is 17.3. The van der Waals surface area contributed by atoms with E-state index in [0.717, 1.165) is 41.9 Å². The third-order valence-electron chi connectivity index (χ3n) is 5.65. The van der Waals surface area contributed by atoms with Crippen LogP contribution in [-0.2, 0) is 28.6 Å². The molecule has 0 saturated heterocycles. The van der Waals surface area contributed by atoms with Crippen LogP contribution in [0.3, 0.4) is 0 Å². The van der Waals surface area contributed by atoms with Gasteiger partial charge in [0.05, 0.1) is 25.1 Å². The molecule has 2 aromatic rings. The highest BCUT2D eigenvalue weighted by Crippen LogP contribution is 2.26. The predicted octanol–water partition coefficient (Wildman–Crippen LogP) is 5.27. The second-order valence-electron chi connectivity index (χ2n) is 9.05. The van der Waals surface area contributed by atoms with E-state index in [0.29, 0.717) is 6.42 Å². The van der Waals surface area contributed by atoms with Gasteiger partial charge in [0, 0.05) is 45.5 Å². The molecule has 0 fully saturated rings. The van der Waals surface area contributed by atoms with Gasteiger partial charge in [0.15, 0.2) is 5.54 Å². The Morgan fingerprint density at radius 2 is 1.55 bits per heavy atom. The van der Waals surface area contributed by atoms with E-state index < -0.39 is 5.54 Å². The average molecular weight is 570 g/mol. The molecule has 1 unspecified atom stereocenters. The standard InChI is InChI=1S/C8H14N2O2.C6H10N2.C5H9N3.C5H10N2O.4CH4/c1-6-5-8(2,7(11)12-4)10(3)9-6;1-5-4-6(2)8(3)7-5;1-4-6-5(2)8(3)7-4;1-3-7-4-5(2)6-8-7;;;;/h5H2,1-4H3;4H,1-3H3;1-3H3;3-4H2,1-2H3;4*1H4. The summed E-state index contributed by atoms with van der Waals surface area (Å²) < 4.78 is 8.33. The Hall–Kier alpha value is -3.28. The zero-order valence-electron chi connectivity index (χ0n) is 23.9. The van der Waals surface area contributed by atoms with E-state index in [1.54, 1.807) is 21.8 Å². The Balaban J connectivity index is -0.000000212. The van der Waals surface area contributed by atoms with E-state index >= 15 is 0 Å². The maximum Gasteiger partial charge on any atom is 0.333 e. The van der Waals surface area contributed by atoms with E-state index in [2.05, 4.69) is 31.5 Å². The van der Waals surface area contributed by atoms with E-state index in [4.69, 9.17) is 9.68 Å². The summed E-state index contributed by atoms with van der Waals surface area (Å²) in [6, 6.07) is 2.06. The highest BCUT2D eigenvalue weighted by molar-refractivity contribution is 5.93. The van der Waals surface area contributed by atoms with Gasteiger partial charge in [-0.2, -0.15) is 15.3 Å². The molecule has 4 heterocycles. The molecule has 234 valence electrons. The number of oxime groups is 1. The van der Waals surface area contributed by atoms with Gasteiger partial charge in [-0.25, -0.2) is 9.78 Å². The first-order valence-corrected chi connectivity index (χ1v) is 11.9. The van der Waals surface area contributed by atoms with Crippen LogP contribution >= 0.6 is 0 Å². The largest absolute Gasteiger partial charge is 0.467 e. The van der Waals surface area contributed by atoms with Crippen molar-refractivity contribution in [2.75, 3.05) is 27.2 Å². The molecule has 2 aromatic heterocycles. The molecule has 12 nitrogen and oxygen atoms in total. The number of hydrogen-bond acceptors (Lipinski definition) is 10. The average Bonchev–Trinajstić information content (AvgIpc) is 3.51. The van der Waals surface area contributed by atoms with Crippen molar-refractivity contribution in [2.45, 2.75) is 97.1 Å². The highest BCUT2D eigenvalue weighted by Gasteiger charge is 2.42. The van der Waals surface area contributed by atoms with Crippen LogP contribution in [0.4, 0.5) is 0 Å². The Kier molecular flexibility index (Phi) is 21.6. The van der Waals surface area contributed by atoms with E-state index in [-0.39, 0.29) is 35.7 Å². The fourth-order valence-corrected chi connectivity index (χ4v) is 3.41. The van der Waals surface area contributed by atoms with Crippen LogP contribution in [-0.4, -0.2) is 84.8 Å². The highest BCUT2D eigenvalue weighted by atomic mass is 16.8. The lowest BCUT2D eigenvalue weighted by Crippen LogP contribution is -2.45. The number of hydroxylamine groups is 2. The zero-order valence-corrected chi connectivity index (χ0v) is 23.9. The molecule has 0 N–H and O–H groups in total. The Morgan fingerprint density at radius 3 is 1.75 bits per heavy atom. The molecular weight excluding hydrogens is 510 g/mol. The lowest BCUT2D eigenvalue weighted by Gasteiger charge is -2.27. The van der Waals surface area contributed by atoms with Gasteiger partial charge in [-0.3, -0.25) is 19.3 Å². The maximum atomic E-state index is 11.4. The van der Waals surface area contributed by atoms with Crippen molar-refractivity contribution in [3.8, 4) is 0 Å². The van der Waals surface area contributed by atoms with Crippen molar-refractivity contribution in [1.29, 1.82) is 0 Å². The molecule has 0 radical (unpaired) electrons. The molecule has 0 saturated carbocycles. The second-order valence-corrected chi connectivity index (χ2v) is 9.05. The molecule has 0 aromatic carbocycles. The summed E-state index contributed by atoms with van der Waals surface area (Å²) in [5.74, 6) is 1.57. The first-order chi connectivity index (χ1) is 16.7. The number of carbonyl (C=O) groups excluding carboxylic acids is 1. The SMILES string of the molecule is C.C.C.C.CCN1CC(C)=NO1.COC(=O)C1(C)CC(C)=NN1C.Cc1cc(C)n(C)n1.Cc1nc(C)n(C)n1. The summed E-state index contributed by atoms with van der Waals surface area (Å²) in [4.78, 5) is 20.3. The van der Waals surface area contributed by atoms with Gasteiger partial charge in [-0.15, -0.1) is 5.06 Å². The van der Waals surface area contributed by atoms with Gasteiger partial charge < -0.3 is 4.74 Å². The minimum atomic E-state index is -0.598. The molecule has 0 spiro atoms. The number of aromatic nitrogens is 5. The smallest absolute Gasteiger partial charge is 0.333 e. The van der Waals surface area contributed by atoms with Crippen molar-refractivity contribution in [3.63, 3.8) is 0 Å². The van der Waals surface area contributed by atoms with Gasteiger partial charge in [0.2, 0.25) is 0 Å². The lowest BCUT2D eigenvalue weighted by atomic mass is 9.97. The van der Waals surface area contributed by atoms with Gasteiger partial charge in [0.1, 0.15) is 11.6 Å². The molecule has 4 rings (SSSR count). The number of nitrogens with zero attached hydrogens (tertiary/aromatic N) is 9. The van der Waals surface area contributed by atoms with Crippen LogP contribution in [0.15, 0.2) is 16.3 Å². The third-order valence-corrected chi connectivity index (χ3v) is 5.65. The quantitative estimate of drug-likeness (QED) is 0.449. The van der Waals surface area contributed by atoms with Crippen molar-refractivity contribution in [3.05, 3.63) is 29.1 Å². The Labute approximate surface area is 244 Å². The second kappa shape index (κ2) is 19.7. The first kappa shape index (κ1) is 43.8. The third kappa shape index (κ3) is 13.2. The van der Waals surface area contributed by atoms with Crippen LogP contribution in [0.2, 0.25) is 0 Å². The molecule has 0 aliphatic carbocycles. The van der Waals surface area contributed by atoms with Gasteiger partial charge >= 0.3 is 5.97 Å². The number of esters is 1. The van der Waals surface area contributed by atoms with Gasteiger partial charge in [-0.1, -0.05) is 34.9 Å². The number of hydrogen-bond donors (Lipinski definition) is 0. The molecule has 12 heteroatoms. The fourth-order valence-electron chi connectivity index (χ4n) is 3.41. The summed E-state index contributed by atoms with van der Waals surface area (Å²) in [6.07, 6.45) is 0.649.